The molecule has 6 heteroatoms. The molecule has 4 rings (SSSR count). The fraction of sp³-hybridized carbons (Fsp3) is 0.318. The van der Waals surface area contributed by atoms with Crippen LogP contribution in [-0.2, 0) is 19.4 Å². The van der Waals surface area contributed by atoms with Gasteiger partial charge in [-0.3, -0.25) is 4.90 Å². The third-order valence-electron chi connectivity index (χ3n) is 5.02. The molecule has 0 spiro atoms. The van der Waals surface area contributed by atoms with Gasteiger partial charge in [-0.15, -0.1) is 0 Å². The first-order chi connectivity index (χ1) is 13.5. The minimum absolute atomic E-state index is 0.235. The summed E-state index contributed by atoms with van der Waals surface area (Å²) in [7, 11) is 0. The van der Waals surface area contributed by atoms with Gasteiger partial charge in [-0.2, -0.15) is 0 Å². The first-order valence-electron chi connectivity index (χ1n) is 9.43. The molecule has 3 aromatic rings. The molecule has 4 nitrogen and oxygen atoms in total. The van der Waals surface area contributed by atoms with Crippen molar-refractivity contribution in [3.05, 3.63) is 74.3 Å². The van der Waals surface area contributed by atoms with Crippen molar-refractivity contribution >= 4 is 22.6 Å². The van der Waals surface area contributed by atoms with E-state index < -0.39 is 0 Å². The van der Waals surface area contributed by atoms with Gasteiger partial charge in [0.1, 0.15) is 23.9 Å². The van der Waals surface area contributed by atoms with Crippen LogP contribution in [0.2, 0.25) is 5.02 Å². The molecule has 0 amide bonds. The van der Waals surface area contributed by atoms with E-state index in [1.165, 1.54) is 6.07 Å². The van der Waals surface area contributed by atoms with E-state index in [9.17, 15) is 9.18 Å². The Kier molecular flexibility index (Phi) is 5.38. The molecule has 0 saturated carbocycles. The number of rotatable bonds is 5. The van der Waals surface area contributed by atoms with E-state index in [1.54, 1.807) is 18.2 Å². The van der Waals surface area contributed by atoms with Crippen LogP contribution in [0.3, 0.4) is 0 Å². The number of nitrogens with zero attached hydrogens (tertiary/aromatic N) is 1. The molecule has 0 bridgehead atoms. The lowest BCUT2D eigenvalue weighted by atomic mass is 10.0. The minimum Gasteiger partial charge on any atom is -0.476 e. The van der Waals surface area contributed by atoms with Gasteiger partial charge in [-0.25, -0.2) is 9.18 Å². The maximum absolute atomic E-state index is 13.4. The second kappa shape index (κ2) is 7.94. The van der Waals surface area contributed by atoms with Crippen LogP contribution in [0.5, 0.6) is 5.75 Å². The van der Waals surface area contributed by atoms with Gasteiger partial charge >= 0.3 is 5.63 Å². The maximum atomic E-state index is 13.4. The molecule has 0 atom stereocenters. The van der Waals surface area contributed by atoms with E-state index in [4.69, 9.17) is 20.8 Å². The van der Waals surface area contributed by atoms with E-state index >= 15 is 0 Å². The fourth-order valence-corrected chi connectivity index (χ4v) is 3.97. The first-order valence-corrected chi connectivity index (χ1v) is 9.80. The van der Waals surface area contributed by atoms with Crippen molar-refractivity contribution in [3.63, 3.8) is 0 Å². The van der Waals surface area contributed by atoms with E-state index in [0.717, 1.165) is 34.9 Å². The van der Waals surface area contributed by atoms with Crippen LogP contribution in [0.1, 0.15) is 30.0 Å². The van der Waals surface area contributed by atoms with Crippen molar-refractivity contribution in [2.45, 2.75) is 32.7 Å². The van der Waals surface area contributed by atoms with Crippen molar-refractivity contribution in [3.8, 4) is 5.75 Å². The zero-order chi connectivity index (χ0) is 19.7. The Hall–Kier alpha value is -2.37. The molecule has 28 heavy (non-hydrogen) atoms. The van der Waals surface area contributed by atoms with Gasteiger partial charge in [-0.05, 0) is 42.2 Å². The highest BCUT2D eigenvalue weighted by Gasteiger charge is 2.25. The highest BCUT2D eigenvalue weighted by atomic mass is 35.5. The molecular formula is C22H21ClFNO3. The quantitative estimate of drug-likeness (QED) is 0.568. The molecule has 0 saturated heterocycles. The predicted molar refractivity (Wildman–Crippen MR) is 107 cm³/mol. The van der Waals surface area contributed by atoms with Crippen molar-refractivity contribution in [1.29, 1.82) is 0 Å². The van der Waals surface area contributed by atoms with Crippen LogP contribution in [0, 0.1) is 5.82 Å². The van der Waals surface area contributed by atoms with Crippen molar-refractivity contribution in [2.24, 2.45) is 0 Å². The molecule has 1 aliphatic heterocycles. The SMILES string of the molecule is CCCc1cc(=O)oc2c3c(c(Cl)cc12)OCN(CCc1cccc(F)c1)C3. The third kappa shape index (κ3) is 3.77. The topological polar surface area (TPSA) is 42.7 Å². The number of fused-ring (bicyclic) bond motifs is 3. The second-order valence-corrected chi connectivity index (χ2v) is 7.50. The van der Waals surface area contributed by atoms with Gasteiger partial charge in [0.2, 0.25) is 0 Å². The van der Waals surface area contributed by atoms with Crippen molar-refractivity contribution in [1.82, 2.24) is 4.90 Å². The number of ether oxygens (including phenoxy) is 1. The van der Waals surface area contributed by atoms with E-state index in [1.807, 2.05) is 12.1 Å². The number of aryl methyl sites for hydroxylation is 1. The molecule has 146 valence electrons. The molecule has 1 aliphatic rings. The molecule has 0 fully saturated rings. The highest BCUT2D eigenvalue weighted by molar-refractivity contribution is 6.33. The van der Waals surface area contributed by atoms with E-state index in [2.05, 4.69) is 11.8 Å². The average molecular weight is 402 g/mol. The lowest BCUT2D eigenvalue weighted by molar-refractivity contribution is 0.0968. The van der Waals surface area contributed by atoms with E-state index in [0.29, 0.717) is 42.6 Å². The predicted octanol–water partition coefficient (Wildman–Crippen LogP) is 4.93. The Morgan fingerprint density at radius 2 is 2.07 bits per heavy atom. The molecule has 0 radical (unpaired) electrons. The van der Waals surface area contributed by atoms with Crippen LogP contribution in [0.25, 0.3) is 11.0 Å². The Bertz CT molecular complexity index is 1080. The van der Waals surface area contributed by atoms with Gasteiger partial charge in [-0.1, -0.05) is 37.1 Å². The Morgan fingerprint density at radius 1 is 1.21 bits per heavy atom. The van der Waals surface area contributed by atoms with Crippen LogP contribution in [0.4, 0.5) is 4.39 Å². The summed E-state index contributed by atoms with van der Waals surface area (Å²) in [6, 6.07) is 9.97. The molecule has 2 aromatic carbocycles. The summed E-state index contributed by atoms with van der Waals surface area (Å²) < 4.78 is 24.8. The van der Waals surface area contributed by atoms with Gasteiger partial charge in [0.15, 0.2) is 0 Å². The lowest BCUT2D eigenvalue weighted by Gasteiger charge is -2.30. The maximum Gasteiger partial charge on any atom is 0.336 e. The first kappa shape index (κ1) is 19.0. The molecule has 0 aliphatic carbocycles. The van der Waals surface area contributed by atoms with Gasteiger partial charge in [0, 0.05) is 24.5 Å². The molecule has 1 aromatic heterocycles. The molecular weight excluding hydrogens is 381 g/mol. The van der Waals surface area contributed by atoms with Crippen LogP contribution in [-0.4, -0.2) is 18.2 Å². The Morgan fingerprint density at radius 3 is 2.86 bits per heavy atom. The van der Waals surface area contributed by atoms with E-state index in [-0.39, 0.29) is 11.4 Å². The largest absolute Gasteiger partial charge is 0.476 e. The highest BCUT2D eigenvalue weighted by Crippen LogP contribution is 2.39. The normalized spacial score (nSPS) is 14.1. The number of benzene rings is 2. The molecule has 0 unspecified atom stereocenters. The number of halogens is 2. The van der Waals surface area contributed by atoms with Crippen LogP contribution >= 0.6 is 11.6 Å². The van der Waals surface area contributed by atoms with Gasteiger partial charge < -0.3 is 9.15 Å². The summed E-state index contributed by atoms with van der Waals surface area (Å²) in [4.78, 5) is 14.2. The fourth-order valence-electron chi connectivity index (χ4n) is 3.70. The van der Waals surface area contributed by atoms with Crippen molar-refractivity contribution in [2.75, 3.05) is 13.3 Å². The Balaban J connectivity index is 1.65. The second-order valence-electron chi connectivity index (χ2n) is 7.09. The van der Waals surface area contributed by atoms with Crippen LogP contribution in [0.15, 0.2) is 45.6 Å². The summed E-state index contributed by atoms with van der Waals surface area (Å²) in [5, 5.41) is 1.39. The van der Waals surface area contributed by atoms with Gasteiger partial charge in [0.25, 0.3) is 0 Å². The monoisotopic (exact) mass is 401 g/mol. The summed E-state index contributed by atoms with van der Waals surface area (Å²) in [6.45, 7) is 3.69. The minimum atomic E-state index is -0.364. The molecule has 2 heterocycles. The summed E-state index contributed by atoms with van der Waals surface area (Å²) >= 11 is 6.47. The average Bonchev–Trinajstić information content (AvgIpc) is 2.68. The lowest BCUT2D eigenvalue weighted by Crippen LogP contribution is -2.34. The van der Waals surface area contributed by atoms with Crippen LogP contribution < -0.4 is 10.4 Å². The zero-order valence-electron chi connectivity index (χ0n) is 15.6. The van der Waals surface area contributed by atoms with Gasteiger partial charge in [0.05, 0.1) is 10.6 Å². The number of hydrogen-bond donors (Lipinski definition) is 0. The van der Waals surface area contributed by atoms with Crippen molar-refractivity contribution < 1.29 is 13.5 Å². The third-order valence-corrected chi connectivity index (χ3v) is 5.30. The zero-order valence-corrected chi connectivity index (χ0v) is 16.4. The molecule has 0 N–H and O–H groups in total. The summed E-state index contributed by atoms with van der Waals surface area (Å²) in [6.07, 6.45) is 2.39. The smallest absolute Gasteiger partial charge is 0.336 e. The summed E-state index contributed by atoms with van der Waals surface area (Å²) in [5.74, 6) is 0.341. The summed E-state index contributed by atoms with van der Waals surface area (Å²) in [5.41, 5.74) is 2.85. The Labute approximate surface area is 167 Å². The number of hydrogen-bond acceptors (Lipinski definition) is 4. The standard InChI is InChI=1S/C22H21ClFNO3/c1-2-4-15-10-20(26)28-21-17(15)11-19(23)22-18(21)12-25(13-27-22)8-7-14-5-3-6-16(24)9-14/h3,5-6,9-11H,2,4,7-8,12-13H2,1H3.